The Morgan fingerprint density at radius 2 is 2.21 bits per heavy atom. The summed E-state index contributed by atoms with van der Waals surface area (Å²) in [6.07, 6.45) is 1.83. The summed E-state index contributed by atoms with van der Waals surface area (Å²) < 4.78 is 38.0. The molecule has 1 atom stereocenters. The summed E-state index contributed by atoms with van der Waals surface area (Å²) in [5.41, 5.74) is 0.638. The minimum Gasteiger partial charge on any atom is -0.311 e. The predicted molar refractivity (Wildman–Crippen MR) is 88.1 cm³/mol. The standard InChI is InChI=1S/C15H15ClFN3O3S/c16-12-2-1-10(7-13(12)17)8-20-14(3-5-18-20)19-15(21)11-4-6-24(22,23)9-11/h1-3,5,7,11H,4,6,8-9H2,(H,19,21)/t11-/m1/s1. The quantitative estimate of drug-likeness (QED) is 0.892. The lowest BCUT2D eigenvalue weighted by Crippen LogP contribution is -2.25. The smallest absolute Gasteiger partial charge is 0.229 e. The Hall–Kier alpha value is -1.93. The number of anilines is 1. The topological polar surface area (TPSA) is 81.1 Å². The van der Waals surface area contributed by atoms with Crippen LogP contribution in [0.25, 0.3) is 0 Å². The van der Waals surface area contributed by atoms with E-state index in [1.165, 1.54) is 23.0 Å². The zero-order valence-electron chi connectivity index (χ0n) is 12.6. The lowest BCUT2D eigenvalue weighted by molar-refractivity contribution is -0.119. The lowest BCUT2D eigenvalue weighted by Gasteiger charge is -2.12. The van der Waals surface area contributed by atoms with E-state index in [4.69, 9.17) is 11.6 Å². The summed E-state index contributed by atoms with van der Waals surface area (Å²) in [6, 6.07) is 6.03. The highest BCUT2D eigenvalue weighted by Gasteiger charge is 2.33. The number of nitrogens with zero attached hydrogens (tertiary/aromatic N) is 2. The lowest BCUT2D eigenvalue weighted by atomic mass is 10.1. The summed E-state index contributed by atoms with van der Waals surface area (Å²) in [7, 11) is -3.12. The van der Waals surface area contributed by atoms with Crippen LogP contribution in [0.3, 0.4) is 0 Å². The molecule has 1 N–H and O–H groups in total. The van der Waals surface area contributed by atoms with Crippen LogP contribution in [0, 0.1) is 11.7 Å². The molecule has 24 heavy (non-hydrogen) atoms. The molecule has 0 spiro atoms. The van der Waals surface area contributed by atoms with Crippen molar-refractivity contribution in [2.45, 2.75) is 13.0 Å². The second-order valence-corrected chi connectivity index (χ2v) is 8.35. The number of carbonyl (C=O) groups excluding carboxylic acids is 1. The fraction of sp³-hybridized carbons (Fsp3) is 0.333. The zero-order valence-corrected chi connectivity index (χ0v) is 14.1. The molecule has 1 fully saturated rings. The van der Waals surface area contributed by atoms with Crippen molar-refractivity contribution in [2.24, 2.45) is 5.92 Å². The van der Waals surface area contributed by atoms with Crippen molar-refractivity contribution in [1.29, 1.82) is 0 Å². The molecule has 1 amide bonds. The second kappa shape index (κ2) is 6.52. The summed E-state index contributed by atoms with van der Waals surface area (Å²) in [4.78, 5) is 12.2. The summed E-state index contributed by atoms with van der Waals surface area (Å²) in [5.74, 6) is -1.09. The Morgan fingerprint density at radius 3 is 2.88 bits per heavy atom. The molecule has 0 bridgehead atoms. The van der Waals surface area contributed by atoms with Crippen LogP contribution in [0.1, 0.15) is 12.0 Å². The van der Waals surface area contributed by atoms with Gasteiger partial charge in [-0.25, -0.2) is 17.5 Å². The van der Waals surface area contributed by atoms with E-state index < -0.39 is 21.6 Å². The molecule has 1 saturated heterocycles. The van der Waals surface area contributed by atoms with E-state index in [-0.39, 0.29) is 29.0 Å². The normalized spacial score (nSPS) is 19.3. The van der Waals surface area contributed by atoms with Crippen LogP contribution in [0.15, 0.2) is 30.5 Å². The van der Waals surface area contributed by atoms with Gasteiger partial charge in [0.25, 0.3) is 0 Å². The Balaban J connectivity index is 1.71. The highest BCUT2D eigenvalue weighted by molar-refractivity contribution is 7.91. The first-order valence-electron chi connectivity index (χ1n) is 7.31. The van der Waals surface area contributed by atoms with E-state index in [2.05, 4.69) is 10.4 Å². The minimum absolute atomic E-state index is 0.0361. The first-order chi connectivity index (χ1) is 11.3. The van der Waals surface area contributed by atoms with Crippen molar-refractivity contribution in [3.05, 3.63) is 46.9 Å². The van der Waals surface area contributed by atoms with E-state index >= 15 is 0 Å². The monoisotopic (exact) mass is 371 g/mol. The molecule has 9 heteroatoms. The molecular weight excluding hydrogens is 357 g/mol. The van der Waals surface area contributed by atoms with Crippen LogP contribution in [-0.2, 0) is 21.2 Å². The molecule has 1 aromatic heterocycles. The fourth-order valence-corrected chi connectivity index (χ4v) is 4.46. The van der Waals surface area contributed by atoms with E-state index in [1.54, 1.807) is 12.1 Å². The van der Waals surface area contributed by atoms with Crippen LogP contribution in [-0.4, -0.2) is 35.6 Å². The Kier molecular flexibility index (Phi) is 4.60. The number of hydrogen-bond donors (Lipinski definition) is 1. The van der Waals surface area contributed by atoms with Gasteiger partial charge in [0.05, 0.1) is 35.2 Å². The van der Waals surface area contributed by atoms with Gasteiger partial charge in [-0.1, -0.05) is 17.7 Å². The number of nitrogens with one attached hydrogen (secondary N) is 1. The molecule has 0 unspecified atom stereocenters. The third kappa shape index (κ3) is 3.76. The van der Waals surface area contributed by atoms with Crippen molar-refractivity contribution in [3.63, 3.8) is 0 Å². The van der Waals surface area contributed by atoms with E-state index in [9.17, 15) is 17.6 Å². The van der Waals surface area contributed by atoms with Crippen molar-refractivity contribution in [1.82, 2.24) is 9.78 Å². The zero-order chi connectivity index (χ0) is 17.3. The van der Waals surface area contributed by atoms with Gasteiger partial charge in [-0.05, 0) is 24.1 Å². The van der Waals surface area contributed by atoms with Gasteiger partial charge >= 0.3 is 0 Å². The van der Waals surface area contributed by atoms with Crippen molar-refractivity contribution < 1.29 is 17.6 Å². The van der Waals surface area contributed by atoms with Gasteiger partial charge in [0.1, 0.15) is 11.6 Å². The van der Waals surface area contributed by atoms with E-state index in [1.807, 2.05) is 0 Å². The highest BCUT2D eigenvalue weighted by atomic mass is 35.5. The van der Waals surface area contributed by atoms with E-state index in [0.29, 0.717) is 17.8 Å². The molecule has 0 radical (unpaired) electrons. The number of rotatable bonds is 4. The minimum atomic E-state index is -3.12. The average Bonchev–Trinajstić information content (AvgIpc) is 3.09. The Labute approximate surface area is 143 Å². The number of amides is 1. The van der Waals surface area contributed by atoms with Gasteiger partial charge in [-0.2, -0.15) is 5.10 Å². The maximum Gasteiger partial charge on any atom is 0.229 e. The third-order valence-corrected chi connectivity index (χ3v) is 5.96. The van der Waals surface area contributed by atoms with Gasteiger partial charge in [-0.15, -0.1) is 0 Å². The van der Waals surface area contributed by atoms with Crippen molar-refractivity contribution >= 4 is 33.2 Å². The fourth-order valence-electron chi connectivity index (χ4n) is 2.61. The maximum absolute atomic E-state index is 13.5. The molecular formula is C15H15ClFN3O3S. The van der Waals surface area contributed by atoms with Crippen molar-refractivity contribution in [3.8, 4) is 0 Å². The highest BCUT2D eigenvalue weighted by Crippen LogP contribution is 2.21. The van der Waals surface area contributed by atoms with E-state index in [0.717, 1.165) is 0 Å². The molecule has 1 aliphatic rings. The molecule has 0 saturated carbocycles. The number of benzene rings is 1. The molecule has 128 valence electrons. The van der Waals surface area contributed by atoms with Crippen molar-refractivity contribution in [2.75, 3.05) is 16.8 Å². The van der Waals surface area contributed by atoms with Crippen LogP contribution in [0.5, 0.6) is 0 Å². The maximum atomic E-state index is 13.5. The van der Waals surface area contributed by atoms with Crippen LogP contribution < -0.4 is 5.32 Å². The SMILES string of the molecule is O=C(Nc1ccnn1Cc1ccc(Cl)c(F)c1)[C@@H]1CCS(=O)(=O)C1. The number of aromatic nitrogens is 2. The number of hydrogen-bond acceptors (Lipinski definition) is 4. The predicted octanol–water partition coefficient (Wildman–Crippen LogP) is 2.10. The number of carbonyl (C=O) groups is 1. The largest absolute Gasteiger partial charge is 0.311 e. The Bertz CT molecular complexity index is 882. The van der Waals surface area contributed by atoms with Crippen LogP contribution in [0.4, 0.5) is 10.2 Å². The molecule has 3 rings (SSSR count). The first kappa shape index (κ1) is 16.9. The number of halogens is 2. The van der Waals surface area contributed by atoms with Gasteiger partial charge < -0.3 is 5.32 Å². The molecule has 0 aliphatic carbocycles. The number of sulfone groups is 1. The molecule has 1 aliphatic heterocycles. The summed E-state index contributed by atoms with van der Waals surface area (Å²) in [6.45, 7) is 0.250. The first-order valence-corrected chi connectivity index (χ1v) is 9.51. The molecule has 1 aromatic carbocycles. The Morgan fingerprint density at radius 1 is 1.42 bits per heavy atom. The molecule has 2 heterocycles. The van der Waals surface area contributed by atoms with Gasteiger partial charge in [0.2, 0.25) is 5.91 Å². The van der Waals surface area contributed by atoms with Gasteiger partial charge in [0.15, 0.2) is 9.84 Å². The molecule has 2 aromatic rings. The average molecular weight is 372 g/mol. The van der Waals surface area contributed by atoms with Gasteiger partial charge in [-0.3, -0.25) is 4.79 Å². The molecule has 6 nitrogen and oxygen atoms in total. The summed E-state index contributed by atoms with van der Waals surface area (Å²) >= 11 is 5.65. The van der Waals surface area contributed by atoms with Gasteiger partial charge in [0, 0.05) is 6.07 Å². The van der Waals surface area contributed by atoms with Crippen LogP contribution in [0.2, 0.25) is 5.02 Å². The summed E-state index contributed by atoms with van der Waals surface area (Å²) in [5, 5.41) is 6.83. The third-order valence-electron chi connectivity index (χ3n) is 3.89. The van der Waals surface area contributed by atoms with Crippen LogP contribution >= 0.6 is 11.6 Å². The second-order valence-electron chi connectivity index (χ2n) is 5.71.